The number of alkyl halides is 1. The van der Waals surface area contributed by atoms with Gasteiger partial charge in [0, 0.05) is 52.2 Å². The average molecular weight is 764 g/mol. The number of hydrogen-bond donors (Lipinski definition) is 2. The van der Waals surface area contributed by atoms with Gasteiger partial charge in [0.2, 0.25) is 0 Å². The van der Waals surface area contributed by atoms with Crippen molar-refractivity contribution in [2.75, 3.05) is 39.1 Å². The summed E-state index contributed by atoms with van der Waals surface area (Å²) < 4.78 is 32.5. The summed E-state index contributed by atoms with van der Waals surface area (Å²) in [5.41, 5.74) is -0.736. The Morgan fingerprint density at radius 3 is 2.32 bits per heavy atom. The number of aliphatic hydroxyl groups excluding tert-OH is 1. The first-order valence-corrected chi connectivity index (χ1v) is 14.2. The Bertz CT molecular complexity index is 929. The summed E-state index contributed by atoms with van der Waals surface area (Å²) in [7, 11) is 0. The van der Waals surface area contributed by atoms with Gasteiger partial charge in [-0.05, 0) is 68.7 Å². The molecule has 2 aliphatic heterocycles. The van der Waals surface area contributed by atoms with Crippen LogP contribution in [0.25, 0.3) is 0 Å². The minimum atomic E-state index is -0.736. The summed E-state index contributed by atoms with van der Waals surface area (Å²) in [6.45, 7) is 4.25. The Morgan fingerprint density at radius 1 is 1.22 bits per heavy atom. The fraction of sp³-hybridized carbons (Fsp3) is 0.480. The monoisotopic (exact) mass is 763 g/mol. The molecule has 0 radical (unpaired) electrons. The van der Waals surface area contributed by atoms with Gasteiger partial charge in [0.05, 0.1) is 6.61 Å². The van der Waals surface area contributed by atoms with E-state index >= 15 is 0 Å². The third-order valence-corrected chi connectivity index (χ3v) is 7.28. The number of rotatable bonds is 6. The standard InChI is InChI=1S/C13H14Cl2NO2S.C7H7FS.C5H10FNO.W/c1-13(4-2-3-5-18-13)12(17)16-19-11-7-9(14)6-10(15)8-11;1-9-7-4-2-6(8)3-5-7;6-5-3-7(4-5)1-2-8;/h7-8H,2-5H2,1H3,(H,16,17);2-5H,1H3;5,8H,1-4H2;/q-1;;;. The van der Waals surface area contributed by atoms with Gasteiger partial charge in [-0.1, -0.05) is 14.9 Å². The zero-order chi connectivity index (χ0) is 26.6. The fourth-order valence-electron chi connectivity index (χ4n) is 3.26. The molecule has 0 bridgehead atoms. The maximum atomic E-state index is 12.2. The molecular formula is C25H31Cl2F2N2O3S2W-. The van der Waals surface area contributed by atoms with Crippen LogP contribution in [0, 0.1) is 11.9 Å². The second kappa shape index (κ2) is 18.1. The molecule has 2 aromatic carbocycles. The van der Waals surface area contributed by atoms with Crippen LogP contribution in [-0.2, 0) is 30.6 Å². The van der Waals surface area contributed by atoms with E-state index in [2.05, 4.69) is 10.8 Å². The largest absolute Gasteiger partial charge is 0.395 e. The smallest absolute Gasteiger partial charge is 0.261 e. The Morgan fingerprint density at radius 2 is 1.84 bits per heavy atom. The Labute approximate surface area is 250 Å². The number of halogens is 4. The number of nitrogens with one attached hydrogen (secondary N) is 1. The molecule has 37 heavy (non-hydrogen) atoms. The van der Waals surface area contributed by atoms with Gasteiger partial charge < -0.3 is 9.84 Å². The zero-order valence-corrected chi connectivity index (χ0v) is 26.7. The topological polar surface area (TPSA) is 61.8 Å². The van der Waals surface area contributed by atoms with Crippen molar-refractivity contribution in [2.24, 2.45) is 0 Å². The van der Waals surface area contributed by atoms with Gasteiger partial charge in [0.15, 0.2) is 0 Å². The predicted octanol–water partition coefficient (Wildman–Crippen LogP) is 6.05. The van der Waals surface area contributed by atoms with Crippen LogP contribution < -0.4 is 4.72 Å². The van der Waals surface area contributed by atoms with E-state index in [9.17, 15) is 13.6 Å². The summed E-state index contributed by atoms with van der Waals surface area (Å²) in [5, 5.41) is 9.17. The summed E-state index contributed by atoms with van der Waals surface area (Å²) >= 11 is 14.5. The molecule has 1 unspecified atom stereocenters. The molecule has 2 heterocycles. The predicted molar refractivity (Wildman–Crippen MR) is 144 cm³/mol. The summed E-state index contributed by atoms with van der Waals surface area (Å²) in [6.07, 6.45) is 4.08. The maximum absolute atomic E-state index is 12.2. The van der Waals surface area contributed by atoms with Crippen molar-refractivity contribution in [3.8, 4) is 0 Å². The quantitative estimate of drug-likeness (QED) is 0.212. The van der Waals surface area contributed by atoms with Crippen LogP contribution in [0.2, 0.25) is 10.0 Å². The first kappa shape index (κ1) is 34.6. The first-order chi connectivity index (χ1) is 17.1. The van der Waals surface area contributed by atoms with E-state index in [4.69, 9.17) is 33.0 Å². The maximum Gasteiger partial charge on any atom is 0.261 e. The van der Waals surface area contributed by atoms with Gasteiger partial charge in [0.25, 0.3) is 5.91 Å². The van der Waals surface area contributed by atoms with Gasteiger partial charge >= 0.3 is 0 Å². The van der Waals surface area contributed by atoms with Crippen LogP contribution in [0.1, 0.15) is 26.2 Å². The number of amides is 1. The van der Waals surface area contributed by atoms with E-state index in [1.165, 1.54) is 24.1 Å². The van der Waals surface area contributed by atoms with Crippen LogP contribution in [-0.4, -0.2) is 66.8 Å². The fourth-order valence-corrected chi connectivity index (χ4v) is 5.07. The zero-order valence-electron chi connectivity index (χ0n) is 20.6. The van der Waals surface area contributed by atoms with Crippen LogP contribution in [0.3, 0.4) is 0 Å². The van der Waals surface area contributed by atoms with E-state index in [1.807, 2.05) is 18.1 Å². The Kier molecular flexibility index (Phi) is 16.9. The van der Waals surface area contributed by atoms with Gasteiger partial charge in [-0.25, -0.2) is 8.78 Å². The number of carbonyl (C=O) groups is 1. The third-order valence-electron chi connectivity index (χ3n) is 5.37. The van der Waals surface area contributed by atoms with Crippen molar-refractivity contribution >= 4 is 52.8 Å². The number of aliphatic hydroxyl groups is 1. The molecular weight excluding hydrogens is 733 g/mol. The van der Waals surface area contributed by atoms with E-state index in [1.54, 1.807) is 36.0 Å². The molecule has 2 N–H and O–H groups in total. The van der Waals surface area contributed by atoms with Gasteiger partial charge in [-0.3, -0.25) is 14.4 Å². The van der Waals surface area contributed by atoms with E-state index < -0.39 is 11.8 Å². The molecule has 0 saturated carbocycles. The molecule has 2 saturated heterocycles. The summed E-state index contributed by atoms with van der Waals surface area (Å²) in [5.74, 6) is -0.301. The summed E-state index contributed by atoms with van der Waals surface area (Å²) in [6, 6.07) is 12.6. The molecule has 2 aromatic rings. The number of hydrogen-bond acceptors (Lipinski definition) is 6. The number of ether oxygens (including phenoxy) is 1. The van der Waals surface area contributed by atoms with Crippen LogP contribution in [0.15, 0.2) is 46.2 Å². The molecule has 5 nitrogen and oxygen atoms in total. The molecule has 2 aliphatic rings. The van der Waals surface area contributed by atoms with Crippen molar-refractivity contribution in [3.63, 3.8) is 0 Å². The molecule has 0 spiro atoms. The number of benzene rings is 2. The van der Waals surface area contributed by atoms with Crippen molar-refractivity contribution in [1.29, 1.82) is 0 Å². The van der Waals surface area contributed by atoms with Crippen molar-refractivity contribution in [2.45, 2.75) is 47.7 Å². The molecule has 12 heteroatoms. The van der Waals surface area contributed by atoms with E-state index in [0.717, 1.165) is 29.1 Å². The molecule has 206 valence electrons. The minimum Gasteiger partial charge on any atom is -0.395 e. The molecule has 0 aromatic heterocycles. The Balaban J connectivity index is 0.000000316. The van der Waals surface area contributed by atoms with Crippen LogP contribution in [0.4, 0.5) is 8.78 Å². The molecule has 1 amide bonds. The molecule has 0 aliphatic carbocycles. The van der Waals surface area contributed by atoms with Crippen LogP contribution in [0.5, 0.6) is 0 Å². The SMILES string of the molecule is CC1(C(=O)NSc2cc(Cl)[c-]c(Cl)c2)CCCCO1.CSc1ccc(F)cc1.OCCN1CC(F)C1.[W]. The third kappa shape index (κ3) is 13.0. The number of likely N-dealkylation sites (tertiary alicyclic amines) is 1. The summed E-state index contributed by atoms with van der Waals surface area (Å²) in [4.78, 5) is 15.9. The van der Waals surface area contributed by atoms with Crippen molar-refractivity contribution < 1.29 is 44.5 Å². The van der Waals surface area contributed by atoms with Gasteiger partial charge in [-0.15, -0.1) is 53.2 Å². The number of nitrogens with zero attached hydrogens (tertiary/aromatic N) is 1. The van der Waals surface area contributed by atoms with E-state index in [-0.39, 0.29) is 39.4 Å². The molecule has 1 atom stereocenters. The number of thioether (sulfide) groups is 1. The molecule has 2 fully saturated rings. The minimum absolute atomic E-state index is 0. The Hall–Kier alpha value is -0.382. The first-order valence-electron chi connectivity index (χ1n) is 11.4. The van der Waals surface area contributed by atoms with Crippen LogP contribution >= 0.6 is 46.9 Å². The normalized spacial score (nSPS) is 19.2. The average Bonchev–Trinajstić information content (AvgIpc) is 2.83. The second-order valence-corrected chi connectivity index (χ2v) is 10.9. The van der Waals surface area contributed by atoms with Crippen molar-refractivity contribution in [3.05, 3.63) is 58.3 Å². The molecule has 4 rings (SSSR count). The van der Waals surface area contributed by atoms with E-state index in [0.29, 0.717) is 36.3 Å². The van der Waals surface area contributed by atoms with Gasteiger partial charge in [-0.2, -0.15) is 0 Å². The second-order valence-electron chi connectivity index (χ2n) is 8.32. The number of carbonyl (C=O) groups excluding carboxylic acids is 1. The number of β-amino-alcohol motifs (C(OH)–C–C–N with tert-alkyl or cyclic N) is 1. The van der Waals surface area contributed by atoms with Gasteiger partial charge in [0.1, 0.15) is 17.6 Å². The van der Waals surface area contributed by atoms with Crippen molar-refractivity contribution in [1.82, 2.24) is 9.62 Å².